The smallest absolute Gasteiger partial charge is 0.310 e. The van der Waals surface area contributed by atoms with Crippen molar-refractivity contribution in [1.82, 2.24) is 0 Å². The van der Waals surface area contributed by atoms with Crippen LogP contribution in [0.25, 0.3) is 0 Å². The second-order valence-corrected chi connectivity index (χ2v) is 5.79. The Labute approximate surface area is 109 Å². The second kappa shape index (κ2) is 4.42. The van der Waals surface area contributed by atoms with Crippen molar-refractivity contribution in [1.29, 1.82) is 0 Å². The normalized spacial score (nSPS) is 30.5. The molecule has 3 atom stereocenters. The van der Waals surface area contributed by atoms with Gasteiger partial charge >= 0.3 is 5.97 Å². The second-order valence-electron chi connectivity index (χ2n) is 5.79. The molecule has 0 aliphatic heterocycles. The number of aliphatic carboxylic acids is 1. The Balaban J connectivity index is 2.26. The van der Waals surface area contributed by atoms with Gasteiger partial charge in [0.15, 0.2) is 0 Å². The number of rotatable bonds is 4. The molecule has 98 valence electrons. The minimum Gasteiger partial charge on any atom is -0.481 e. The highest BCUT2D eigenvalue weighted by Crippen LogP contribution is 2.66. The Hall–Kier alpha value is -1.31. The molecule has 18 heavy (non-hydrogen) atoms. The van der Waals surface area contributed by atoms with Crippen LogP contribution in [0.3, 0.4) is 0 Å². The van der Waals surface area contributed by atoms with E-state index >= 15 is 0 Å². The molecule has 0 spiro atoms. The molecular formula is C16H22O2. The molecule has 2 heteroatoms. The van der Waals surface area contributed by atoms with Gasteiger partial charge in [-0.1, -0.05) is 52.0 Å². The van der Waals surface area contributed by atoms with Gasteiger partial charge in [0, 0.05) is 5.92 Å². The van der Waals surface area contributed by atoms with E-state index in [1.807, 2.05) is 6.92 Å². The van der Waals surface area contributed by atoms with Crippen LogP contribution in [0, 0.1) is 11.3 Å². The van der Waals surface area contributed by atoms with Crippen LogP contribution in [0.15, 0.2) is 24.3 Å². The molecule has 2 rings (SSSR count). The van der Waals surface area contributed by atoms with Crippen molar-refractivity contribution in [2.45, 2.75) is 46.0 Å². The van der Waals surface area contributed by atoms with Crippen LogP contribution in [-0.2, 0) is 4.79 Å². The Kier molecular flexibility index (Phi) is 3.22. The highest BCUT2D eigenvalue weighted by molar-refractivity contribution is 5.81. The minimum atomic E-state index is -0.643. The molecule has 0 heterocycles. The molecule has 0 aromatic heterocycles. The van der Waals surface area contributed by atoms with E-state index in [1.165, 1.54) is 11.1 Å². The fraction of sp³-hybridized carbons (Fsp3) is 0.562. The lowest BCUT2D eigenvalue weighted by atomic mass is 9.94. The molecule has 0 radical (unpaired) electrons. The van der Waals surface area contributed by atoms with E-state index in [4.69, 9.17) is 0 Å². The predicted molar refractivity (Wildman–Crippen MR) is 72.8 cm³/mol. The molecule has 1 N–H and O–H groups in total. The number of hydrogen-bond acceptors (Lipinski definition) is 1. The summed E-state index contributed by atoms with van der Waals surface area (Å²) in [5.74, 6) is 0.299. The first-order chi connectivity index (χ1) is 8.45. The van der Waals surface area contributed by atoms with Crippen LogP contribution in [0.1, 0.15) is 57.1 Å². The first-order valence-electron chi connectivity index (χ1n) is 6.78. The molecule has 0 amide bonds. The fourth-order valence-corrected chi connectivity index (χ4v) is 3.33. The summed E-state index contributed by atoms with van der Waals surface area (Å²) in [6, 6.07) is 8.48. The fourth-order valence-electron chi connectivity index (χ4n) is 3.33. The van der Waals surface area contributed by atoms with Crippen molar-refractivity contribution in [3.63, 3.8) is 0 Å². The number of carbonyl (C=O) groups is 1. The summed E-state index contributed by atoms with van der Waals surface area (Å²) in [4.78, 5) is 11.5. The van der Waals surface area contributed by atoms with Crippen LogP contribution >= 0.6 is 0 Å². The van der Waals surface area contributed by atoms with Crippen LogP contribution in [0.2, 0.25) is 0 Å². The molecule has 0 saturated heterocycles. The van der Waals surface area contributed by atoms with Crippen molar-refractivity contribution >= 4 is 5.97 Å². The van der Waals surface area contributed by atoms with Gasteiger partial charge in [-0.15, -0.1) is 0 Å². The van der Waals surface area contributed by atoms with E-state index in [9.17, 15) is 9.90 Å². The summed E-state index contributed by atoms with van der Waals surface area (Å²) in [5, 5.41) is 9.45. The Bertz CT molecular complexity index is 447. The molecular weight excluding hydrogens is 224 g/mol. The molecule has 1 aromatic rings. The molecule has 1 aromatic carbocycles. The van der Waals surface area contributed by atoms with Crippen LogP contribution in [0.5, 0.6) is 0 Å². The number of hydrogen-bond donors (Lipinski definition) is 1. The summed E-state index contributed by atoms with van der Waals surface area (Å²) >= 11 is 0. The first-order valence-corrected chi connectivity index (χ1v) is 6.78. The van der Waals surface area contributed by atoms with Gasteiger partial charge in [0.2, 0.25) is 0 Å². The van der Waals surface area contributed by atoms with Gasteiger partial charge in [0.1, 0.15) is 0 Å². The third kappa shape index (κ3) is 1.75. The zero-order chi connectivity index (χ0) is 13.5. The largest absolute Gasteiger partial charge is 0.481 e. The van der Waals surface area contributed by atoms with Crippen LogP contribution in [0.4, 0.5) is 0 Å². The Morgan fingerprint density at radius 2 is 1.89 bits per heavy atom. The third-order valence-corrected chi connectivity index (χ3v) is 4.70. The van der Waals surface area contributed by atoms with Crippen molar-refractivity contribution in [3.8, 4) is 0 Å². The maximum absolute atomic E-state index is 11.5. The highest BCUT2D eigenvalue weighted by Gasteiger charge is 2.66. The molecule has 1 saturated carbocycles. The van der Waals surface area contributed by atoms with E-state index in [-0.39, 0.29) is 11.8 Å². The van der Waals surface area contributed by atoms with E-state index in [1.54, 1.807) is 0 Å². The van der Waals surface area contributed by atoms with Gasteiger partial charge in [-0.3, -0.25) is 4.79 Å². The molecule has 1 fully saturated rings. The predicted octanol–water partition coefficient (Wildman–Crippen LogP) is 4.02. The van der Waals surface area contributed by atoms with E-state index < -0.39 is 11.4 Å². The maximum atomic E-state index is 11.5. The summed E-state index contributed by atoms with van der Waals surface area (Å²) in [5.41, 5.74) is 1.96. The van der Waals surface area contributed by atoms with Crippen LogP contribution in [-0.4, -0.2) is 11.1 Å². The number of benzene rings is 1. The molecule has 2 nitrogen and oxygen atoms in total. The monoisotopic (exact) mass is 246 g/mol. The van der Waals surface area contributed by atoms with Gasteiger partial charge in [0.25, 0.3) is 0 Å². The topological polar surface area (TPSA) is 37.3 Å². The Morgan fingerprint density at radius 3 is 2.22 bits per heavy atom. The number of carboxylic acid groups (broad SMARTS) is 1. The van der Waals surface area contributed by atoms with E-state index in [0.717, 1.165) is 0 Å². The van der Waals surface area contributed by atoms with Crippen molar-refractivity contribution < 1.29 is 9.90 Å². The average molecular weight is 246 g/mol. The van der Waals surface area contributed by atoms with E-state index in [2.05, 4.69) is 45.0 Å². The zero-order valence-corrected chi connectivity index (χ0v) is 11.6. The zero-order valence-electron chi connectivity index (χ0n) is 11.6. The van der Waals surface area contributed by atoms with Gasteiger partial charge < -0.3 is 5.11 Å². The molecule has 1 aliphatic carbocycles. The SMILES string of the molecule is CCC1(C(=O)O)C(C)C1c1ccc(C(C)C)cc1. The standard InChI is InChI=1S/C16H22O2/c1-5-16(15(17)18)11(4)14(16)13-8-6-12(7-9-13)10(2)3/h6-11,14H,5H2,1-4H3,(H,17,18). The Morgan fingerprint density at radius 1 is 1.33 bits per heavy atom. The molecule has 0 bridgehead atoms. The summed E-state index contributed by atoms with van der Waals surface area (Å²) in [7, 11) is 0. The summed E-state index contributed by atoms with van der Waals surface area (Å²) < 4.78 is 0. The minimum absolute atomic E-state index is 0.182. The van der Waals surface area contributed by atoms with Gasteiger partial charge in [-0.05, 0) is 29.4 Å². The molecule has 1 aliphatic rings. The third-order valence-electron chi connectivity index (χ3n) is 4.70. The van der Waals surface area contributed by atoms with Gasteiger partial charge in [0.05, 0.1) is 5.41 Å². The van der Waals surface area contributed by atoms with Crippen LogP contribution < -0.4 is 0 Å². The summed E-state index contributed by atoms with van der Waals surface area (Å²) in [6.07, 6.45) is 0.708. The highest BCUT2D eigenvalue weighted by atomic mass is 16.4. The lowest BCUT2D eigenvalue weighted by Gasteiger charge is -2.10. The van der Waals surface area contributed by atoms with Crippen molar-refractivity contribution in [3.05, 3.63) is 35.4 Å². The number of carboxylic acids is 1. The van der Waals surface area contributed by atoms with Crippen molar-refractivity contribution in [2.24, 2.45) is 11.3 Å². The van der Waals surface area contributed by atoms with Gasteiger partial charge in [-0.2, -0.15) is 0 Å². The maximum Gasteiger partial charge on any atom is 0.310 e. The van der Waals surface area contributed by atoms with Gasteiger partial charge in [-0.25, -0.2) is 0 Å². The summed E-state index contributed by atoms with van der Waals surface area (Å²) in [6.45, 7) is 8.37. The molecule has 3 unspecified atom stereocenters. The average Bonchev–Trinajstić information content (AvgIpc) is 2.95. The van der Waals surface area contributed by atoms with E-state index in [0.29, 0.717) is 12.3 Å². The lowest BCUT2D eigenvalue weighted by Crippen LogP contribution is -2.17. The quantitative estimate of drug-likeness (QED) is 0.871. The first kappa shape index (κ1) is 13.1. The lowest BCUT2D eigenvalue weighted by molar-refractivity contribution is -0.144. The van der Waals surface area contributed by atoms with Crippen molar-refractivity contribution in [2.75, 3.05) is 0 Å².